The molecule has 5 rings (SSSR count). The maximum atomic E-state index is 12.6. The first-order valence-corrected chi connectivity index (χ1v) is 12.7. The number of oxazole rings is 1. The van der Waals surface area contributed by atoms with Crippen LogP contribution in [0.2, 0.25) is 0 Å². The van der Waals surface area contributed by atoms with Gasteiger partial charge < -0.3 is 30.0 Å². The Bertz CT molecular complexity index is 1230. The Morgan fingerprint density at radius 3 is 2.89 bits per heavy atom. The fourth-order valence-electron chi connectivity index (χ4n) is 4.61. The van der Waals surface area contributed by atoms with E-state index in [1.54, 1.807) is 18.3 Å². The summed E-state index contributed by atoms with van der Waals surface area (Å²) in [5, 5.41) is 27.5. The smallest absolute Gasteiger partial charge is 0.251 e. The van der Waals surface area contributed by atoms with Crippen molar-refractivity contribution in [3.05, 3.63) is 71.1 Å². The normalized spacial score (nSPS) is 18.5. The van der Waals surface area contributed by atoms with Crippen LogP contribution in [0.4, 0.5) is 5.82 Å². The van der Waals surface area contributed by atoms with Crippen LogP contribution in [0.5, 0.6) is 5.75 Å². The number of pyridine rings is 1. The van der Waals surface area contributed by atoms with Gasteiger partial charge in [-0.2, -0.15) is 0 Å². The van der Waals surface area contributed by atoms with Crippen molar-refractivity contribution in [3.8, 4) is 5.75 Å². The third kappa shape index (κ3) is 6.27. The number of aromatic nitrogens is 2. The molecule has 1 aromatic carbocycles. The van der Waals surface area contributed by atoms with Crippen LogP contribution in [0.1, 0.15) is 58.3 Å². The van der Waals surface area contributed by atoms with E-state index < -0.39 is 12.2 Å². The number of aliphatic hydroxyl groups excluding tert-OH is 2. The maximum Gasteiger partial charge on any atom is 0.251 e. The zero-order chi connectivity index (χ0) is 25.8. The van der Waals surface area contributed by atoms with Crippen LogP contribution in [0.3, 0.4) is 0 Å². The second kappa shape index (κ2) is 11.3. The van der Waals surface area contributed by atoms with Gasteiger partial charge in [-0.3, -0.25) is 9.69 Å². The summed E-state index contributed by atoms with van der Waals surface area (Å²) >= 11 is 0. The number of fused-ring (bicyclic) bond motifs is 1. The predicted molar refractivity (Wildman–Crippen MR) is 136 cm³/mol. The summed E-state index contributed by atoms with van der Waals surface area (Å²) in [4.78, 5) is 22.9. The first kappa shape index (κ1) is 25.2. The molecule has 2 atom stereocenters. The Labute approximate surface area is 215 Å². The van der Waals surface area contributed by atoms with Gasteiger partial charge in [-0.05, 0) is 61.6 Å². The minimum absolute atomic E-state index is 0.111. The zero-order valence-electron chi connectivity index (χ0n) is 20.9. The largest absolute Gasteiger partial charge is 0.486 e. The van der Waals surface area contributed by atoms with Crippen LogP contribution < -0.4 is 15.4 Å². The van der Waals surface area contributed by atoms with E-state index in [0.29, 0.717) is 48.6 Å². The Morgan fingerprint density at radius 2 is 2.14 bits per heavy atom. The lowest BCUT2D eigenvalue weighted by molar-refractivity contribution is 0.0517. The molecule has 0 bridgehead atoms. The van der Waals surface area contributed by atoms with E-state index in [0.717, 1.165) is 29.7 Å². The molecule has 1 amide bonds. The van der Waals surface area contributed by atoms with Crippen molar-refractivity contribution in [3.63, 3.8) is 0 Å². The summed E-state index contributed by atoms with van der Waals surface area (Å²) in [7, 11) is 0. The molecule has 2 unspecified atom stereocenters. The van der Waals surface area contributed by atoms with E-state index in [2.05, 4.69) is 20.6 Å². The standard InChI is InChI=1S/C27H33N5O5/c1-17-25(37-16-30-17)15-36-22-6-5-19-12-32(14-24(34)23(19)10-22)13-21(33)11-29-27(35)18-7-8-28-26(9-18)31-20-3-2-4-20/h5-10,16,20-21,24,33-34H,2-4,11-15H2,1H3,(H,28,31)(H,29,35). The highest BCUT2D eigenvalue weighted by molar-refractivity contribution is 5.94. The van der Waals surface area contributed by atoms with Crippen molar-refractivity contribution in [2.45, 2.75) is 57.6 Å². The third-order valence-electron chi connectivity index (χ3n) is 6.96. The predicted octanol–water partition coefficient (Wildman–Crippen LogP) is 2.56. The minimum Gasteiger partial charge on any atom is -0.486 e. The number of rotatable bonds is 10. The van der Waals surface area contributed by atoms with E-state index in [9.17, 15) is 15.0 Å². The number of nitrogens with one attached hydrogen (secondary N) is 2. The summed E-state index contributed by atoms with van der Waals surface area (Å²) in [6.07, 6.45) is 4.98. The SMILES string of the molecule is Cc1ncoc1COc1ccc2c(c1)C(O)CN(CC(O)CNC(=O)c1ccnc(NC3CCC3)c1)C2. The second-order valence-electron chi connectivity index (χ2n) is 9.79. The molecular formula is C27H33N5O5. The molecule has 1 aliphatic carbocycles. The Hall–Kier alpha value is -3.47. The fourth-order valence-corrected chi connectivity index (χ4v) is 4.61. The molecule has 1 fully saturated rings. The van der Waals surface area contributed by atoms with Gasteiger partial charge in [0, 0.05) is 44.0 Å². The van der Waals surface area contributed by atoms with Crippen LogP contribution >= 0.6 is 0 Å². The first-order valence-electron chi connectivity index (χ1n) is 12.7. The van der Waals surface area contributed by atoms with Crippen LogP contribution in [0, 0.1) is 6.92 Å². The number of β-amino-alcohol motifs (C(OH)–C–C–N with tert-alkyl or cyclic N) is 2. The Kier molecular flexibility index (Phi) is 7.68. The lowest BCUT2D eigenvalue weighted by Gasteiger charge is -2.33. The Morgan fingerprint density at radius 1 is 1.27 bits per heavy atom. The number of benzene rings is 1. The molecule has 0 saturated heterocycles. The molecule has 1 saturated carbocycles. The molecule has 0 radical (unpaired) electrons. The molecule has 3 aromatic rings. The minimum atomic E-state index is -0.778. The maximum absolute atomic E-state index is 12.6. The van der Waals surface area contributed by atoms with E-state index in [1.165, 1.54) is 12.8 Å². The monoisotopic (exact) mass is 507 g/mol. The molecule has 37 heavy (non-hydrogen) atoms. The van der Waals surface area contributed by atoms with Gasteiger partial charge in [0.15, 0.2) is 12.2 Å². The van der Waals surface area contributed by atoms with Gasteiger partial charge in [-0.25, -0.2) is 9.97 Å². The van der Waals surface area contributed by atoms with Gasteiger partial charge >= 0.3 is 0 Å². The third-order valence-corrected chi connectivity index (χ3v) is 6.96. The average Bonchev–Trinajstić information content (AvgIpc) is 3.28. The lowest BCUT2D eigenvalue weighted by atomic mass is 9.93. The summed E-state index contributed by atoms with van der Waals surface area (Å²) in [6.45, 7) is 3.52. The highest BCUT2D eigenvalue weighted by atomic mass is 16.5. The van der Waals surface area contributed by atoms with Gasteiger partial charge in [-0.1, -0.05) is 6.07 Å². The van der Waals surface area contributed by atoms with Crippen molar-refractivity contribution in [2.75, 3.05) is 25.0 Å². The Balaban J connectivity index is 1.10. The average molecular weight is 508 g/mol. The number of amides is 1. The molecule has 3 heterocycles. The summed E-state index contributed by atoms with van der Waals surface area (Å²) in [6, 6.07) is 9.47. The molecule has 2 aliphatic rings. The van der Waals surface area contributed by atoms with Crippen LogP contribution in [0.15, 0.2) is 47.3 Å². The quantitative estimate of drug-likeness (QED) is 0.327. The van der Waals surface area contributed by atoms with E-state index >= 15 is 0 Å². The highest BCUT2D eigenvalue weighted by Gasteiger charge is 2.26. The number of ether oxygens (including phenoxy) is 1. The topological polar surface area (TPSA) is 133 Å². The van der Waals surface area contributed by atoms with E-state index in [1.807, 2.05) is 30.0 Å². The van der Waals surface area contributed by atoms with Crippen LogP contribution in [-0.2, 0) is 13.2 Å². The number of aryl methyl sites for hydroxylation is 1. The molecule has 2 aromatic heterocycles. The number of hydrogen-bond donors (Lipinski definition) is 4. The fraction of sp³-hybridized carbons (Fsp3) is 0.444. The van der Waals surface area contributed by atoms with E-state index in [4.69, 9.17) is 9.15 Å². The van der Waals surface area contributed by atoms with Crippen molar-refractivity contribution in [2.24, 2.45) is 0 Å². The van der Waals surface area contributed by atoms with Gasteiger partial charge in [0.25, 0.3) is 5.91 Å². The summed E-state index contributed by atoms with van der Waals surface area (Å²) < 4.78 is 11.1. The molecule has 196 valence electrons. The molecular weight excluding hydrogens is 474 g/mol. The van der Waals surface area contributed by atoms with Gasteiger partial charge in [0.1, 0.15) is 18.2 Å². The van der Waals surface area contributed by atoms with Gasteiger partial charge in [0.2, 0.25) is 0 Å². The van der Waals surface area contributed by atoms with Crippen molar-refractivity contribution in [1.82, 2.24) is 20.2 Å². The molecule has 1 aliphatic heterocycles. The molecule has 10 nitrogen and oxygen atoms in total. The van der Waals surface area contributed by atoms with E-state index in [-0.39, 0.29) is 19.1 Å². The number of hydrogen-bond acceptors (Lipinski definition) is 9. The van der Waals surface area contributed by atoms with Crippen LogP contribution in [0.25, 0.3) is 0 Å². The van der Waals surface area contributed by atoms with Crippen molar-refractivity contribution >= 4 is 11.7 Å². The molecule has 4 N–H and O–H groups in total. The lowest BCUT2D eigenvalue weighted by Crippen LogP contribution is -2.43. The van der Waals surface area contributed by atoms with Crippen LogP contribution in [-0.4, -0.2) is 62.8 Å². The van der Waals surface area contributed by atoms with Crippen molar-refractivity contribution < 1.29 is 24.2 Å². The number of carbonyl (C=O) groups is 1. The summed E-state index contributed by atoms with van der Waals surface area (Å²) in [5.41, 5.74) is 3.08. The molecule has 10 heteroatoms. The molecule has 0 spiro atoms. The van der Waals surface area contributed by atoms with Crippen molar-refractivity contribution in [1.29, 1.82) is 0 Å². The van der Waals surface area contributed by atoms with Gasteiger partial charge in [0.05, 0.1) is 17.9 Å². The highest BCUT2D eigenvalue weighted by Crippen LogP contribution is 2.30. The number of anilines is 1. The number of aliphatic hydroxyl groups is 2. The summed E-state index contributed by atoms with van der Waals surface area (Å²) in [5.74, 6) is 1.75. The second-order valence-corrected chi connectivity index (χ2v) is 9.79. The first-order chi connectivity index (χ1) is 17.9. The number of carbonyl (C=O) groups excluding carboxylic acids is 1. The van der Waals surface area contributed by atoms with Gasteiger partial charge in [-0.15, -0.1) is 0 Å². The number of nitrogens with zero attached hydrogens (tertiary/aromatic N) is 3. The zero-order valence-corrected chi connectivity index (χ0v) is 20.9.